The highest BCUT2D eigenvalue weighted by atomic mass is 19.1. The first-order chi connectivity index (χ1) is 14.6. The Morgan fingerprint density at radius 3 is 2.53 bits per heavy atom. The number of hydrogen-bond donors (Lipinski definition) is 0. The second kappa shape index (κ2) is 9.07. The number of benzene rings is 2. The molecule has 4 rings (SSSR count). The monoisotopic (exact) mass is 408 g/mol. The van der Waals surface area contributed by atoms with Crippen molar-refractivity contribution >= 4 is 11.6 Å². The topological polar surface area (TPSA) is 62.5 Å². The summed E-state index contributed by atoms with van der Waals surface area (Å²) in [5.41, 5.74) is 3.03. The van der Waals surface area contributed by atoms with Crippen LogP contribution in [-0.4, -0.2) is 47.2 Å². The molecule has 1 aromatic heterocycles. The molecule has 1 aliphatic heterocycles. The van der Waals surface area contributed by atoms with Crippen LogP contribution >= 0.6 is 0 Å². The van der Waals surface area contributed by atoms with Gasteiger partial charge in [-0.2, -0.15) is 0 Å². The Bertz CT molecular complexity index is 985. The lowest BCUT2D eigenvalue weighted by molar-refractivity contribution is -0.131. The number of halogens is 1. The van der Waals surface area contributed by atoms with Gasteiger partial charge in [-0.25, -0.2) is 4.39 Å². The molecule has 0 unspecified atom stereocenters. The first-order valence-electron chi connectivity index (χ1n) is 10.3. The number of nitrogens with zero attached hydrogens (tertiary/aromatic N) is 4. The standard InChI is InChI=1S/C23H25FN4O2/c1-17-3-5-18(6-4-17)23-26-25-21(30-23)11-12-22(29)28-14-2-13-27(15-16-28)20-9-7-19(24)8-10-20/h3-10H,2,11-16H2,1H3. The molecule has 0 radical (unpaired) electrons. The summed E-state index contributed by atoms with van der Waals surface area (Å²) in [4.78, 5) is 16.8. The lowest BCUT2D eigenvalue weighted by Crippen LogP contribution is -2.35. The van der Waals surface area contributed by atoms with Crippen molar-refractivity contribution in [2.75, 3.05) is 31.1 Å². The maximum atomic E-state index is 13.2. The fourth-order valence-corrected chi connectivity index (χ4v) is 3.62. The zero-order chi connectivity index (χ0) is 20.9. The van der Waals surface area contributed by atoms with Gasteiger partial charge in [0.25, 0.3) is 0 Å². The van der Waals surface area contributed by atoms with E-state index >= 15 is 0 Å². The van der Waals surface area contributed by atoms with Crippen molar-refractivity contribution in [3.05, 3.63) is 65.8 Å². The van der Waals surface area contributed by atoms with Gasteiger partial charge in [-0.15, -0.1) is 10.2 Å². The van der Waals surface area contributed by atoms with E-state index < -0.39 is 0 Å². The van der Waals surface area contributed by atoms with E-state index in [0.29, 0.717) is 31.2 Å². The lowest BCUT2D eigenvalue weighted by Gasteiger charge is -2.23. The Hall–Kier alpha value is -3.22. The molecule has 0 bridgehead atoms. The molecular formula is C23H25FN4O2. The SMILES string of the molecule is Cc1ccc(-c2nnc(CCC(=O)N3CCCN(c4ccc(F)cc4)CC3)o2)cc1. The third kappa shape index (κ3) is 4.84. The Balaban J connectivity index is 1.30. The first kappa shape index (κ1) is 20.1. The number of hydrogen-bond acceptors (Lipinski definition) is 5. The minimum Gasteiger partial charge on any atom is -0.421 e. The minimum atomic E-state index is -0.239. The zero-order valence-electron chi connectivity index (χ0n) is 17.1. The highest BCUT2D eigenvalue weighted by Gasteiger charge is 2.20. The Morgan fingerprint density at radius 2 is 1.77 bits per heavy atom. The summed E-state index contributed by atoms with van der Waals surface area (Å²) in [5.74, 6) is 0.798. The fourth-order valence-electron chi connectivity index (χ4n) is 3.62. The second-order valence-corrected chi connectivity index (χ2v) is 7.56. The van der Waals surface area contributed by atoms with Crippen LogP contribution in [0.5, 0.6) is 0 Å². The van der Waals surface area contributed by atoms with Gasteiger partial charge >= 0.3 is 0 Å². The normalized spacial score (nSPS) is 14.6. The lowest BCUT2D eigenvalue weighted by atomic mass is 10.1. The molecule has 0 aliphatic carbocycles. The molecule has 0 spiro atoms. The molecule has 2 aromatic carbocycles. The van der Waals surface area contributed by atoms with Crippen molar-refractivity contribution in [1.29, 1.82) is 0 Å². The molecule has 1 amide bonds. The van der Waals surface area contributed by atoms with Crippen LogP contribution in [0.3, 0.4) is 0 Å². The number of amides is 1. The van der Waals surface area contributed by atoms with Crippen LogP contribution < -0.4 is 4.90 Å². The highest BCUT2D eigenvalue weighted by molar-refractivity contribution is 5.76. The molecule has 156 valence electrons. The zero-order valence-corrected chi connectivity index (χ0v) is 17.1. The summed E-state index contributed by atoms with van der Waals surface area (Å²) in [5, 5.41) is 8.18. The molecule has 30 heavy (non-hydrogen) atoms. The molecule has 7 heteroatoms. The van der Waals surface area contributed by atoms with Crippen LogP contribution in [0.15, 0.2) is 52.9 Å². The summed E-state index contributed by atoms with van der Waals surface area (Å²) in [7, 11) is 0. The van der Waals surface area contributed by atoms with E-state index in [4.69, 9.17) is 4.42 Å². The molecular weight excluding hydrogens is 383 g/mol. The summed E-state index contributed by atoms with van der Waals surface area (Å²) in [6.07, 6.45) is 1.64. The van der Waals surface area contributed by atoms with Crippen molar-refractivity contribution in [1.82, 2.24) is 15.1 Å². The molecule has 3 aromatic rings. The molecule has 1 aliphatic rings. The predicted molar refractivity (Wildman–Crippen MR) is 113 cm³/mol. The second-order valence-electron chi connectivity index (χ2n) is 7.56. The van der Waals surface area contributed by atoms with Gasteiger partial charge in [-0.1, -0.05) is 17.7 Å². The van der Waals surface area contributed by atoms with E-state index in [2.05, 4.69) is 15.1 Å². The van der Waals surface area contributed by atoms with Gasteiger partial charge in [-0.05, 0) is 49.7 Å². The van der Waals surface area contributed by atoms with Crippen LogP contribution in [0.1, 0.15) is 24.3 Å². The van der Waals surface area contributed by atoms with Crippen molar-refractivity contribution in [2.45, 2.75) is 26.2 Å². The third-order valence-electron chi connectivity index (χ3n) is 5.36. The highest BCUT2D eigenvalue weighted by Crippen LogP contribution is 2.20. The average Bonchev–Trinajstić information content (AvgIpc) is 3.09. The number of carbonyl (C=O) groups excluding carboxylic acids is 1. The van der Waals surface area contributed by atoms with Gasteiger partial charge in [0, 0.05) is 50.3 Å². The van der Waals surface area contributed by atoms with Crippen LogP contribution in [0.2, 0.25) is 0 Å². The molecule has 0 N–H and O–H groups in total. The van der Waals surface area contributed by atoms with Crippen molar-refractivity contribution < 1.29 is 13.6 Å². The number of carbonyl (C=O) groups is 1. The number of rotatable bonds is 5. The summed E-state index contributed by atoms with van der Waals surface area (Å²) in [6, 6.07) is 14.4. The Kier molecular flexibility index (Phi) is 6.07. The van der Waals surface area contributed by atoms with E-state index in [9.17, 15) is 9.18 Å². The summed E-state index contributed by atoms with van der Waals surface area (Å²) in [6.45, 7) is 4.97. The van der Waals surface area contributed by atoms with Gasteiger partial charge in [0.2, 0.25) is 17.7 Å². The van der Waals surface area contributed by atoms with Crippen LogP contribution in [-0.2, 0) is 11.2 Å². The van der Waals surface area contributed by atoms with Crippen molar-refractivity contribution in [2.24, 2.45) is 0 Å². The Morgan fingerprint density at radius 1 is 1.00 bits per heavy atom. The van der Waals surface area contributed by atoms with Crippen LogP contribution in [0.4, 0.5) is 10.1 Å². The van der Waals surface area contributed by atoms with E-state index in [1.165, 1.54) is 17.7 Å². The fraction of sp³-hybridized carbons (Fsp3) is 0.348. The van der Waals surface area contributed by atoms with Crippen LogP contribution in [0, 0.1) is 12.7 Å². The molecule has 1 saturated heterocycles. The molecule has 0 atom stereocenters. The Labute approximate surface area is 175 Å². The number of aryl methyl sites for hydroxylation is 2. The first-order valence-corrected chi connectivity index (χ1v) is 10.3. The van der Waals surface area contributed by atoms with Gasteiger partial charge in [0.15, 0.2) is 0 Å². The quantitative estimate of drug-likeness (QED) is 0.642. The number of anilines is 1. The summed E-state index contributed by atoms with van der Waals surface area (Å²) < 4.78 is 18.9. The van der Waals surface area contributed by atoms with E-state index in [1.807, 2.05) is 36.1 Å². The summed E-state index contributed by atoms with van der Waals surface area (Å²) >= 11 is 0. The predicted octanol–water partition coefficient (Wildman–Crippen LogP) is 3.86. The van der Waals surface area contributed by atoms with Gasteiger partial charge in [-0.3, -0.25) is 4.79 Å². The average molecular weight is 408 g/mol. The third-order valence-corrected chi connectivity index (χ3v) is 5.36. The van der Waals surface area contributed by atoms with Crippen molar-refractivity contribution in [3.63, 3.8) is 0 Å². The molecule has 0 saturated carbocycles. The maximum absolute atomic E-state index is 13.2. The van der Waals surface area contributed by atoms with Gasteiger partial charge in [0.1, 0.15) is 5.82 Å². The van der Waals surface area contributed by atoms with E-state index in [-0.39, 0.29) is 11.7 Å². The molecule has 1 fully saturated rings. The van der Waals surface area contributed by atoms with E-state index in [1.54, 1.807) is 12.1 Å². The smallest absolute Gasteiger partial charge is 0.247 e. The van der Waals surface area contributed by atoms with Crippen molar-refractivity contribution in [3.8, 4) is 11.5 Å². The minimum absolute atomic E-state index is 0.0889. The maximum Gasteiger partial charge on any atom is 0.247 e. The van der Waals surface area contributed by atoms with Crippen LogP contribution in [0.25, 0.3) is 11.5 Å². The van der Waals surface area contributed by atoms with Gasteiger partial charge < -0.3 is 14.2 Å². The number of aromatic nitrogens is 2. The van der Waals surface area contributed by atoms with E-state index in [0.717, 1.165) is 37.3 Å². The molecule has 6 nitrogen and oxygen atoms in total. The van der Waals surface area contributed by atoms with Gasteiger partial charge in [0.05, 0.1) is 0 Å². The largest absolute Gasteiger partial charge is 0.421 e. The molecule has 2 heterocycles.